The van der Waals surface area contributed by atoms with Crippen LogP contribution in [0.25, 0.3) is 0 Å². The molecular formula is C20H32N4O4. The highest BCUT2D eigenvalue weighted by Crippen LogP contribution is 2.11. The highest BCUT2D eigenvalue weighted by Gasteiger charge is 2.01. The summed E-state index contributed by atoms with van der Waals surface area (Å²) in [4.78, 5) is 24.7. The maximum absolute atomic E-state index is 11.7. The summed E-state index contributed by atoms with van der Waals surface area (Å²) in [5.74, 6) is 0.303. The molecule has 0 aliphatic rings. The van der Waals surface area contributed by atoms with E-state index in [0.29, 0.717) is 25.9 Å². The quantitative estimate of drug-likeness (QED) is 0.195. The van der Waals surface area contributed by atoms with Gasteiger partial charge in [-0.1, -0.05) is 12.8 Å². The number of rotatable bonds is 14. The van der Waals surface area contributed by atoms with E-state index in [2.05, 4.69) is 15.4 Å². The average Bonchev–Trinajstić information content (AvgIpc) is 2.68. The average molecular weight is 393 g/mol. The van der Waals surface area contributed by atoms with Gasteiger partial charge >= 0.3 is 0 Å². The monoisotopic (exact) mass is 392 g/mol. The molecule has 1 aromatic carbocycles. The molecule has 8 heteroatoms. The van der Waals surface area contributed by atoms with Gasteiger partial charge in [-0.25, -0.2) is 10.9 Å². The van der Waals surface area contributed by atoms with Gasteiger partial charge < -0.3 is 9.64 Å². The first kappa shape index (κ1) is 23.6. The zero-order valence-electron chi connectivity index (χ0n) is 16.8. The van der Waals surface area contributed by atoms with E-state index in [1.807, 2.05) is 38.4 Å². The standard InChI is InChI=1S/C20H32N4O4/c1-24(2)14-7-15-28-18-12-10-17(11-13-18)16-21-22-19(25)8-5-3-4-6-9-20(26)23-27/h10-13,16,27H,3-9,14-15H2,1-2H3,(H,22,25)(H,23,26)/b21-16+. The summed E-state index contributed by atoms with van der Waals surface area (Å²) in [6, 6.07) is 7.55. The highest BCUT2D eigenvalue weighted by molar-refractivity contribution is 5.82. The first-order valence-electron chi connectivity index (χ1n) is 9.63. The predicted molar refractivity (Wildman–Crippen MR) is 108 cm³/mol. The molecule has 28 heavy (non-hydrogen) atoms. The third-order valence-corrected chi connectivity index (χ3v) is 3.98. The van der Waals surface area contributed by atoms with Crippen LogP contribution in [-0.2, 0) is 9.59 Å². The van der Waals surface area contributed by atoms with E-state index in [9.17, 15) is 9.59 Å². The van der Waals surface area contributed by atoms with Gasteiger partial charge in [-0.05, 0) is 63.2 Å². The van der Waals surface area contributed by atoms with E-state index < -0.39 is 0 Å². The van der Waals surface area contributed by atoms with E-state index in [-0.39, 0.29) is 11.8 Å². The number of hydrogen-bond donors (Lipinski definition) is 3. The second kappa shape index (κ2) is 14.6. The van der Waals surface area contributed by atoms with Crippen molar-refractivity contribution in [2.75, 3.05) is 27.2 Å². The van der Waals surface area contributed by atoms with Crippen molar-refractivity contribution >= 4 is 18.0 Å². The van der Waals surface area contributed by atoms with Crippen LogP contribution in [-0.4, -0.2) is 55.4 Å². The van der Waals surface area contributed by atoms with Crippen LogP contribution in [0, 0.1) is 0 Å². The number of hydroxylamine groups is 1. The van der Waals surface area contributed by atoms with E-state index in [1.165, 1.54) is 0 Å². The maximum Gasteiger partial charge on any atom is 0.243 e. The molecular weight excluding hydrogens is 360 g/mol. The van der Waals surface area contributed by atoms with Crippen molar-refractivity contribution in [3.8, 4) is 5.75 Å². The Morgan fingerprint density at radius 3 is 2.29 bits per heavy atom. The minimum absolute atomic E-state index is 0.134. The van der Waals surface area contributed by atoms with Crippen molar-refractivity contribution in [2.24, 2.45) is 5.10 Å². The van der Waals surface area contributed by atoms with Crippen molar-refractivity contribution in [2.45, 2.75) is 44.9 Å². The number of benzene rings is 1. The van der Waals surface area contributed by atoms with Crippen LogP contribution in [0.5, 0.6) is 5.75 Å². The van der Waals surface area contributed by atoms with E-state index in [1.54, 1.807) is 11.7 Å². The molecule has 0 heterocycles. The number of amides is 2. The van der Waals surface area contributed by atoms with Crippen molar-refractivity contribution < 1.29 is 19.5 Å². The number of hydrazone groups is 1. The van der Waals surface area contributed by atoms with Gasteiger partial charge in [-0.3, -0.25) is 14.8 Å². The topological polar surface area (TPSA) is 103 Å². The smallest absolute Gasteiger partial charge is 0.243 e. The van der Waals surface area contributed by atoms with Crippen molar-refractivity contribution in [1.29, 1.82) is 0 Å². The molecule has 0 atom stereocenters. The molecule has 0 aromatic heterocycles. The summed E-state index contributed by atoms with van der Waals surface area (Å²) >= 11 is 0. The Kier molecular flexibility index (Phi) is 12.3. The summed E-state index contributed by atoms with van der Waals surface area (Å²) in [6.45, 7) is 1.67. The Hall–Kier alpha value is -2.45. The lowest BCUT2D eigenvalue weighted by molar-refractivity contribution is -0.129. The minimum Gasteiger partial charge on any atom is -0.494 e. The molecule has 0 radical (unpaired) electrons. The normalized spacial score (nSPS) is 11.0. The predicted octanol–water partition coefficient (Wildman–Crippen LogP) is 2.31. The molecule has 0 bridgehead atoms. The first-order chi connectivity index (χ1) is 13.5. The Bertz CT molecular complexity index is 603. The van der Waals surface area contributed by atoms with Crippen LogP contribution in [0.3, 0.4) is 0 Å². The van der Waals surface area contributed by atoms with Crippen LogP contribution in [0.1, 0.15) is 50.5 Å². The van der Waals surface area contributed by atoms with Gasteiger partial charge in [0, 0.05) is 19.4 Å². The van der Waals surface area contributed by atoms with Gasteiger partial charge in [-0.2, -0.15) is 5.10 Å². The molecule has 0 saturated carbocycles. The van der Waals surface area contributed by atoms with Gasteiger partial charge in [-0.15, -0.1) is 0 Å². The van der Waals surface area contributed by atoms with Crippen LogP contribution >= 0.6 is 0 Å². The largest absolute Gasteiger partial charge is 0.494 e. The number of carbonyl (C=O) groups is 2. The Labute approximate surface area is 166 Å². The van der Waals surface area contributed by atoms with Gasteiger partial charge in [0.1, 0.15) is 5.75 Å². The molecule has 1 rings (SSSR count). The number of ether oxygens (including phenoxy) is 1. The van der Waals surface area contributed by atoms with Crippen molar-refractivity contribution in [1.82, 2.24) is 15.8 Å². The molecule has 156 valence electrons. The van der Waals surface area contributed by atoms with Crippen molar-refractivity contribution in [3.63, 3.8) is 0 Å². The summed E-state index contributed by atoms with van der Waals surface area (Å²) in [5, 5.41) is 12.3. The van der Waals surface area contributed by atoms with Gasteiger partial charge in [0.25, 0.3) is 0 Å². The Morgan fingerprint density at radius 2 is 1.68 bits per heavy atom. The fourth-order valence-electron chi connectivity index (χ4n) is 2.44. The van der Waals surface area contributed by atoms with Crippen LogP contribution in [0.4, 0.5) is 0 Å². The van der Waals surface area contributed by atoms with Crippen molar-refractivity contribution in [3.05, 3.63) is 29.8 Å². The third kappa shape index (κ3) is 12.0. The molecule has 2 amide bonds. The summed E-state index contributed by atoms with van der Waals surface area (Å²) in [5.41, 5.74) is 4.99. The van der Waals surface area contributed by atoms with Crippen LogP contribution in [0.15, 0.2) is 29.4 Å². The van der Waals surface area contributed by atoms with E-state index in [0.717, 1.165) is 43.5 Å². The number of hydrogen-bond acceptors (Lipinski definition) is 6. The molecule has 0 spiro atoms. The Morgan fingerprint density at radius 1 is 1.04 bits per heavy atom. The SMILES string of the molecule is CN(C)CCCOc1ccc(/C=N/NC(=O)CCCCCCC(=O)NO)cc1. The zero-order valence-corrected chi connectivity index (χ0v) is 16.8. The van der Waals surface area contributed by atoms with Crippen LogP contribution in [0.2, 0.25) is 0 Å². The zero-order chi connectivity index (χ0) is 20.6. The van der Waals surface area contributed by atoms with Gasteiger partial charge in [0.2, 0.25) is 11.8 Å². The second-order valence-corrected chi connectivity index (χ2v) is 6.82. The molecule has 1 aromatic rings. The molecule has 0 aliphatic heterocycles. The second-order valence-electron chi connectivity index (χ2n) is 6.82. The lowest BCUT2D eigenvalue weighted by atomic mass is 10.1. The van der Waals surface area contributed by atoms with E-state index >= 15 is 0 Å². The molecule has 0 aliphatic carbocycles. The summed E-state index contributed by atoms with van der Waals surface area (Å²) in [7, 11) is 4.07. The fraction of sp³-hybridized carbons (Fsp3) is 0.550. The summed E-state index contributed by atoms with van der Waals surface area (Å²) in [6.07, 6.45) is 6.39. The van der Waals surface area contributed by atoms with Gasteiger partial charge in [0.15, 0.2) is 0 Å². The summed E-state index contributed by atoms with van der Waals surface area (Å²) < 4.78 is 5.67. The molecule has 3 N–H and O–H groups in total. The molecule has 8 nitrogen and oxygen atoms in total. The highest BCUT2D eigenvalue weighted by atomic mass is 16.5. The maximum atomic E-state index is 11.7. The lowest BCUT2D eigenvalue weighted by Gasteiger charge is -2.10. The number of nitrogens with zero attached hydrogens (tertiary/aromatic N) is 2. The lowest BCUT2D eigenvalue weighted by Crippen LogP contribution is -2.18. The Balaban J connectivity index is 2.15. The minimum atomic E-state index is -0.379. The third-order valence-electron chi connectivity index (χ3n) is 3.98. The molecule has 0 saturated heterocycles. The molecule has 0 unspecified atom stereocenters. The number of unbranched alkanes of at least 4 members (excludes halogenated alkanes) is 3. The number of nitrogens with one attached hydrogen (secondary N) is 2. The molecule has 0 fully saturated rings. The van der Waals surface area contributed by atoms with Gasteiger partial charge in [0.05, 0.1) is 12.8 Å². The van der Waals surface area contributed by atoms with Crippen LogP contribution < -0.4 is 15.6 Å². The van der Waals surface area contributed by atoms with E-state index in [4.69, 9.17) is 9.94 Å². The fourth-order valence-corrected chi connectivity index (χ4v) is 2.44. The number of carbonyl (C=O) groups excluding carboxylic acids is 2. The first-order valence-corrected chi connectivity index (χ1v) is 9.63.